The smallest absolute Gasteiger partial charge is 0.228 e. The van der Waals surface area contributed by atoms with Gasteiger partial charge in [-0.15, -0.1) is 0 Å². The van der Waals surface area contributed by atoms with Gasteiger partial charge in [0.25, 0.3) is 0 Å². The molecule has 1 aliphatic rings. The maximum Gasteiger partial charge on any atom is 0.228 e. The Morgan fingerprint density at radius 3 is 2.64 bits per heavy atom. The highest BCUT2D eigenvalue weighted by atomic mass is 16.2. The Balaban J connectivity index is 1.26. The largest absolute Gasteiger partial charge is 0.361 e. The number of aryl methyl sites for hydroxylation is 2. The van der Waals surface area contributed by atoms with Crippen molar-refractivity contribution < 1.29 is 9.59 Å². The van der Waals surface area contributed by atoms with Crippen molar-refractivity contribution in [3.63, 3.8) is 0 Å². The normalized spacial score (nSPS) is 18.1. The number of amides is 2. The number of carbonyl (C=O) groups is 2. The van der Waals surface area contributed by atoms with Crippen LogP contribution in [0.15, 0.2) is 48.7 Å². The molecule has 0 saturated heterocycles. The zero-order valence-electron chi connectivity index (χ0n) is 16.2. The van der Waals surface area contributed by atoms with E-state index in [0.29, 0.717) is 13.0 Å². The van der Waals surface area contributed by atoms with Crippen LogP contribution in [0.25, 0.3) is 10.9 Å². The monoisotopic (exact) mass is 375 g/mol. The molecule has 144 valence electrons. The number of rotatable bonds is 6. The second-order valence-corrected chi connectivity index (χ2v) is 7.64. The third-order valence-electron chi connectivity index (χ3n) is 5.61. The van der Waals surface area contributed by atoms with Gasteiger partial charge in [0.1, 0.15) is 0 Å². The minimum atomic E-state index is -0.227. The molecule has 28 heavy (non-hydrogen) atoms. The number of aromatic nitrogens is 1. The van der Waals surface area contributed by atoms with Gasteiger partial charge in [0.15, 0.2) is 0 Å². The highest BCUT2D eigenvalue weighted by Gasteiger charge is 2.47. The van der Waals surface area contributed by atoms with Gasteiger partial charge in [-0.05, 0) is 61.6 Å². The topological polar surface area (TPSA) is 74.0 Å². The lowest BCUT2D eigenvalue weighted by molar-refractivity contribution is -0.125. The molecule has 1 aliphatic carbocycles. The number of nitrogens with one attached hydrogen (secondary N) is 3. The summed E-state index contributed by atoms with van der Waals surface area (Å²) in [5.74, 6) is -0.538. The maximum absolute atomic E-state index is 12.4. The van der Waals surface area contributed by atoms with Crippen LogP contribution in [0.5, 0.6) is 0 Å². The highest BCUT2D eigenvalue weighted by molar-refractivity contribution is 5.99. The minimum Gasteiger partial charge on any atom is -0.361 e. The molecule has 1 heterocycles. The molecule has 1 fully saturated rings. The van der Waals surface area contributed by atoms with Gasteiger partial charge in [-0.2, -0.15) is 0 Å². The molecular formula is C23H25N3O2. The van der Waals surface area contributed by atoms with E-state index in [1.54, 1.807) is 0 Å². The molecule has 3 aromatic rings. The van der Waals surface area contributed by atoms with Crippen LogP contribution in [-0.4, -0.2) is 23.3 Å². The van der Waals surface area contributed by atoms with E-state index in [4.69, 9.17) is 0 Å². The third kappa shape index (κ3) is 3.79. The number of anilines is 1. The van der Waals surface area contributed by atoms with Gasteiger partial charge >= 0.3 is 0 Å². The summed E-state index contributed by atoms with van der Waals surface area (Å²) in [4.78, 5) is 28.0. The second kappa shape index (κ2) is 7.50. The standard InChI is InChI=1S/C23H25N3O2/c1-14-7-8-17(11-15(14)2)26-23(28)20-12-19(20)22(27)24-10-9-16-13-25-21-6-4-3-5-18(16)21/h3-8,11,13,19-20,25H,9-10,12H2,1-2H3,(H,24,27)(H,26,28). The van der Waals surface area contributed by atoms with Crippen molar-refractivity contribution >= 4 is 28.4 Å². The first kappa shape index (κ1) is 18.3. The predicted octanol–water partition coefficient (Wildman–Crippen LogP) is 3.72. The molecule has 4 rings (SSSR count). The molecule has 0 spiro atoms. The quantitative estimate of drug-likeness (QED) is 0.614. The Hall–Kier alpha value is -3.08. The first-order valence-electron chi connectivity index (χ1n) is 9.74. The Morgan fingerprint density at radius 1 is 1.04 bits per heavy atom. The summed E-state index contributed by atoms with van der Waals surface area (Å²) in [6.07, 6.45) is 3.38. The Bertz CT molecular complexity index is 1040. The number of para-hydroxylation sites is 1. The fourth-order valence-corrected chi connectivity index (χ4v) is 3.62. The van der Waals surface area contributed by atoms with Crippen molar-refractivity contribution in [2.45, 2.75) is 26.7 Å². The first-order valence-corrected chi connectivity index (χ1v) is 9.74. The van der Waals surface area contributed by atoms with Crippen molar-refractivity contribution in [2.75, 3.05) is 11.9 Å². The van der Waals surface area contributed by atoms with Crippen molar-refractivity contribution in [2.24, 2.45) is 11.8 Å². The maximum atomic E-state index is 12.4. The van der Waals surface area contributed by atoms with Crippen molar-refractivity contribution in [3.8, 4) is 0 Å². The van der Waals surface area contributed by atoms with E-state index in [-0.39, 0.29) is 23.7 Å². The van der Waals surface area contributed by atoms with E-state index < -0.39 is 0 Å². The zero-order chi connectivity index (χ0) is 19.7. The number of H-pyrrole nitrogens is 1. The summed E-state index contributed by atoms with van der Waals surface area (Å²) in [6.45, 7) is 4.63. The molecule has 5 nitrogen and oxygen atoms in total. The van der Waals surface area contributed by atoms with Crippen molar-refractivity contribution in [1.29, 1.82) is 0 Å². The van der Waals surface area contributed by atoms with Crippen LogP contribution < -0.4 is 10.6 Å². The van der Waals surface area contributed by atoms with Crippen molar-refractivity contribution in [3.05, 3.63) is 65.4 Å². The van der Waals surface area contributed by atoms with Gasteiger partial charge in [-0.25, -0.2) is 0 Å². The molecule has 2 amide bonds. The molecule has 5 heteroatoms. The fourth-order valence-electron chi connectivity index (χ4n) is 3.62. The average Bonchev–Trinajstić information content (AvgIpc) is 3.40. The Kier molecular flexibility index (Phi) is 4.90. The molecule has 0 aliphatic heterocycles. The highest BCUT2D eigenvalue weighted by Crippen LogP contribution is 2.39. The van der Waals surface area contributed by atoms with E-state index in [1.807, 2.05) is 56.4 Å². The molecule has 2 atom stereocenters. The molecule has 2 unspecified atom stereocenters. The van der Waals surface area contributed by atoms with E-state index in [9.17, 15) is 9.59 Å². The van der Waals surface area contributed by atoms with Gasteiger partial charge in [0.2, 0.25) is 11.8 Å². The lowest BCUT2D eigenvalue weighted by Gasteiger charge is -2.08. The van der Waals surface area contributed by atoms with Crippen molar-refractivity contribution in [1.82, 2.24) is 10.3 Å². The van der Waals surface area contributed by atoms with Crippen LogP contribution in [-0.2, 0) is 16.0 Å². The molecular weight excluding hydrogens is 350 g/mol. The Labute approximate surface area is 164 Å². The summed E-state index contributed by atoms with van der Waals surface area (Å²) in [5.41, 5.74) is 5.42. The summed E-state index contributed by atoms with van der Waals surface area (Å²) in [5, 5.41) is 7.10. The summed E-state index contributed by atoms with van der Waals surface area (Å²) in [7, 11) is 0. The molecule has 1 aromatic heterocycles. The van der Waals surface area contributed by atoms with E-state index >= 15 is 0 Å². The van der Waals surface area contributed by atoms with Crippen LogP contribution >= 0.6 is 0 Å². The lowest BCUT2D eigenvalue weighted by Crippen LogP contribution is -2.29. The molecule has 1 saturated carbocycles. The van der Waals surface area contributed by atoms with Crippen LogP contribution in [0, 0.1) is 25.7 Å². The van der Waals surface area contributed by atoms with Gasteiger partial charge < -0.3 is 15.6 Å². The van der Waals surface area contributed by atoms with Crippen LogP contribution in [0.3, 0.4) is 0 Å². The first-order chi connectivity index (χ1) is 13.5. The SMILES string of the molecule is Cc1ccc(NC(=O)C2CC2C(=O)NCCc2c[nH]c3ccccc23)cc1C. The zero-order valence-corrected chi connectivity index (χ0v) is 16.2. The number of carbonyl (C=O) groups excluding carboxylic acids is 2. The Morgan fingerprint density at radius 2 is 1.82 bits per heavy atom. The summed E-state index contributed by atoms with van der Waals surface area (Å²) in [6, 6.07) is 14.0. The van der Waals surface area contributed by atoms with Crippen LogP contribution in [0.2, 0.25) is 0 Å². The van der Waals surface area contributed by atoms with Crippen LogP contribution in [0.4, 0.5) is 5.69 Å². The summed E-state index contributed by atoms with van der Waals surface area (Å²) < 4.78 is 0. The van der Waals surface area contributed by atoms with E-state index in [0.717, 1.165) is 23.2 Å². The summed E-state index contributed by atoms with van der Waals surface area (Å²) >= 11 is 0. The number of aromatic amines is 1. The third-order valence-corrected chi connectivity index (χ3v) is 5.61. The second-order valence-electron chi connectivity index (χ2n) is 7.64. The van der Waals surface area contributed by atoms with E-state index in [2.05, 4.69) is 21.7 Å². The lowest BCUT2D eigenvalue weighted by atomic mass is 10.1. The molecule has 0 radical (unpaired) electrons. The fraction of sp³-hybridized carbons (Fsp3) is 0.304. The van der Waals surface area contributed by atoms with E-state index in [1.165, 1.54) is 16.5 Å². The van der Waals surface area contributed by atoms with Gasteiger partial charge in [0.05, 0.1) is 11.8 Å². The van der Waals surface area contributed by atoms with Crippen LogP contribution in [0.1, 0.15) is 23.1 Å². The molecule has 2 aromatic carbocycles. The number of hydrogen-bond acceptors (Lipinski definition) is 2. The number of benzene rings is 2. The predicted molar refractivity (Wildman–Crippen MR) is 111 cm³/mol. The van der Waals surface area contributed by atoms with Gasteiger partial charge in [0, 0.05) is 29.3 Å². The number of fused-ring (bicyclic) bond motifs is 1. The minimum absolute atomic E-state index is 0.0277. The molecule has 3 N–H and O–H groups in total. The van der Waals surface area contributed by atoms with Gasteiger partial charge in [-0.3, -0.25) is 9.59 Å². The average molecular weight is 375 g/mol. The number of hydrogen-bond donors (Lipinski definition) is 3. The molecule has 0 bridgehead atoms. The van der Waals surface area contributed by atoms with Gasteiger partial charge in [-0.1, -0.05) is 24.3 Å².